The van der Waals surface area contributed by atoms with Crippen LogP contribution in [0.5, 0.6) is 17.2 Å². The number of hydrogen-bond acceptors (Lipinski definition) is 7. The van der Waals surface area contributed by atoms with Crippen molar-refractivity contribution in [2.24, 2.45) is 5.92 Å². The van der Waals surface area contributed by atoms with E-state index in [4.69, 9.17) is 14.2 Å². The quantitative estimate of drug-likeness (QED) is 0.278. The van der Waals surface area contributed by atoms with Crippen LogP contribution < -0.4 is 19.5 Å². The molecule has 4 aromatic rings. The summed E-state index contributed by atoms with van der Waals surface area (Å²) >= 11 is 0. The van der Waals surface area contributed by atoms with Crippen LogP contribution in [-0.2, 0) is 10.2 Å². The van der Waals surface area contributed by atoms with Crippen LogP contribution in [0.25, 0.3) is 6.08 Å². The van der Waals surface area contributed by atoms with Gasteiger partial charge in [-0.2, -0.15) is 0 Å². The van der Waals surface area contributed by atoms with E-state index in [-0.39, 0.29) is 23.0 Å². The van der Waals surface area contributed by atoms with Crippen LogP contribution in [0.2, 0.25) is 0 Å². The molecule has 1 spiro atoms. The Morgan fingerprint density at radius 3 is 2.34 bits per heavy atom. The Balaban J connectivity index is 1.53. The summed E-state index contributed by atoms with van der Waals surface area (Å²) in [5.74, 6) is -0.760. The second kappa shape index (κ2) is 10.4. The summed E-state index contributed by atoms with van der Waals surface area (Å²) in [6, 6.07) is 25.4. The molecule has 4 aromatic carbocycles. The van der Waals surface area contributed by atoms with E-state index >= 15 is 0 Å². The van der Waals surface area contributed by atoms with E-state index in [9.17, 15) is 14.4 Å². The van der Waals surface area contributed by atoms with Crippen LogP contribution >= 0.6 is 0 Å². The molecule has 1 fully saturated rings. The number of Topliss-reactive ketones (excluding diaryl/α,β-unsaturated/α-hetero) is 2. The van der Waals surface area contributed by atoms with Gasteiger partial charge in [-0.05, 0) is 53.1 Å². The molecule has 8 heteroatoms. The zero-order valence-corrected chi connectivity index (χ0v) is 24.4. The number of anilines is 1. The zero-order chi connectivity index (χ0) is 30.6. The van der Waals surface area contributed by atoms with Gasteiger partial charge in [0.15, 0.2) is 11.6 Å². The van der Waals surface area contributed by atoms with E-state index in [1.54, 1.807) is 42.5 Å². The number of ether oxygens (including phenoxy) is 3. The van der Waals surface area contributed by atoms with Gasteiger partial charge < -0.3 is 24.4 Å². The Kier molecular flexibility index (Phi) is 6.50. The van der Waals surface area contributed by atoms with Gasteiger partial charge in [-0.3, -0.25) is 14.4 Å². The minimum Gasteiger partial charge on any atom is -0.497 e. The number of rotatable bonds is 7. The molecular weight excluding hydrogens is 556 g/mol. The average Bonchev–Trinajstić information content (AvgIpc) is 3.55. The van der Waals surface area contributed by atoms with Gasteiger partial charge in [0.1, 0.15) is 28.7 Å². The van der Waals surface area contributed by atoms with Crippen molar-refractivity contribution in [2.75, 3.05) is 26.6 Å². The van der Waals surface area contributed by atoms with E-state index in [2.05, 4.69) is 5.32 Å². The normalized spacial score (nSPS) is 22.6. The van der Waals surface area contributed by atoms with Gasteiger partial charge >= 0.3 is 0 Å². The molecule has 44 heavy (non-hydrogen) atoms. The number of methoxy groups -OCH3 is 3. The molecule has 3 aliphatic heterocycles. The molecule has 1 N–H and O–H groups in total. The van der Waals surface area contributed by atoms with Crippen molar-refractivity contribution in [1.82, 2.24) is 4.90 Å². The number of benzene rings is 4. The Bertz CT molecular complexity index is 1870. The fraction of sp³-hybridized carbons (Fsp3) is 0.194. The number of nitrogens with one attached hydrogen (secondary N) is 1. The SMILES string of the molecule is COc1cccc(C(=O)[C@H]2[C@H](C(=O)c3ccc(OC)cc3OC)N3C=Cc4ccccc4[C@@H]3[C@]23C(=O)Nc2ccccc23)c1. The first-order valence-electron chi connectivity index (χ1n) is 14.3. The number of fused-ring (bicyclic) bond motifs is 6. The monoisotopic (exact) mass is 586 g/mol. The van der Waals surface area contributed by atoms with E-state index in [1.165, 1.54) is 21.3 Å². The van der Waals surface area contributed by atoms with Crippen molar-refractivity contribution in [1.29, 1.82) is 0 Å². The topological polar surface area (TPSA) is 94.2 Å². The molecule has 7 rings (SSSR count). The minimum atomic E-state index is -1.43. The molecule has 0 unspecified atom stereocenters. The van der Waals surface area contributed by atoms with Crippen LogP contribution in [0.3, 0.4) is 0 Å². The highest BCUT2D eigenvalue weighted by atomic mass is 16.5. The fourth-order valence-electron chi connectivity index (χ4n) is 7.29. The molecule has 8 nitrogen and oxygen atoms in total. The first-order valence-corrected chi connectivity index (χ1v) is 14.3. The van der Waals surface area contributed by atoms with Crippen LogP contribution in [0.1, 0.15) is 43.4 Å². The molecule has 0 aliphatic carbocycles. The lowest BCUT2D eigenvalue weighted by atomic mass is 9.62. The summed E-state index contributed by atoms with van der Waals surface area (Å²) in [7, 11) is 4.56. The highest BCUT2D eigenvalue weighted by molar-refractivity contribution is 6.17. The smallest absolute Gasteiger partial charge is 0.238 e. The van der Waals surface area contributed by atoms with Gasteiger partial charge in [0.25, 0.3) is 0 Å². The highest BCUT2D eigenvalue weighted by Gasteiger charge is 2.70. The predicted octanol–water partition coefficient (Wildman–Crippen LogP) is 5.69. The third kappa shape index (κ3) is 3.80. The van der Waals surface area contributed by atoms with Crippen molar-refractivity contribution in [3.8, 4) is 17.2 Å². The number of para-hydroxylation sites is 1. The third-order valence-electron chi connectivity index (χ3n) is 9.15. The number of carbonyl (C=O) groups excluding carboxylic acids is 3. The second-order valence-electron chi connectivity index (χ2n) is 11.1. The van der Waals surface area contributed by atoms with Crippen LogP contribution in [0.15, 0.2) is 97.2 Å². The lowest BCUT2D eigenvalue weighted by molar-refractivity contribution is -0.122. The van der Waals surface area contributed by atoms with Crippen molar-refractivity contribution >= 4 is 29.2 Å². The van der Waals surface area contributed by atoms with Gasteiger partial charge in [-0.25, -0.2) is 0 Å². The van der Waals surface area contributed by atoms with Crippen LogP contribution in [0, 0.1) is 5.92 Å². The lowest BCUT2D eigenvalue weighted by Crippen LogP contribution is -2.49. The molecule has 0 bridgehead atoms. The first kappa shape index (κ1) is 27.5. The Labute approximate surface area is 254 Å². The van der Waals surface area contributed by atoms with Crippen molar-refractivity contribution in [2.45, 2.75) is 17.5 Å². The third-order valence-corrected chi connectivity index (χ3v) is 9.15. The summed E-state index contributed by atoms with van der Waals surface area (Å²) < 4.78 is 16.5. The largest absolute Gasteiger partial charge is 0.497 e. The molecule has 0 radical (unpaired) electrons. The number of amides is 1. The fourth-order valence-corrected chi connectivity index (χ4v) is 7.29. The maximum atomic E-state index is 15.0. The maximum absolute atomic E-state index is 15.0. The van der Waals surface area contributed by atoms with Crippen LogP contribution in [-0.4, -0.2) is 49.7 Å². The van der Waals surface area contributed by atoms with Crippen molar-refractivity contribution in [3.63, 3.8) is 0 Å². The molecule has 0 saturated carbocycles. The van der Waals surface area contributed by atoms with Gasteiger partial charge in [0, 0.05) is 23.5 Å². The van der Waals surface area contributed by atoms with Crippen LogP contribution in [0.4, 0.5) is 5.69 Å². The van der Waals surface area contributed by atoms with E-state index in [1.807, 2.05) is 65.7 Å². The van der Waals surface area contributed by atoms with E-state index in [0.29, 0.717) is 34.1 Å². The molecule has 0 aromatic heterocycles. The summed E-state index contributed by atoms with van der Waals surface area (Å²) in [6.07, 6.45) is 3.78. The zero-order valence-electron chi connectivity index (χ0n) is 24.4. The van der Waals surface area contributed by atoms with Gasteiger partial charge in [-0.15, -0.1) is 0 Å². The Morgan fingerprint density at radius 2 is 1.55 bits per heavy atom. The molecule has 220 valence electrons. The lowest BCUT2D eigenvalue weighted by Gasteiger charge is -2.38. The predicted molar refractivity (Wildman–Crippen MR) is 165 cm³/mol. The van der Waals surface area contributed by atoms with Gasteiger partial charge in [0.2, 0.25) is 5.91 Å². The Morgan fingerprint density at radius 1 is 0.795 bits per heavy atom. The maximum Gasteiger partial charge on any atom is 0.238 e. The molecule has 4 atom stereocenters. The number of ketones is 2. The molecule has 3 aliphatic rings. The number of nitrogens with zero attached hydrogens (tertiary/aromatic N) is 1. The summed E-state index contributed by atoms with van der Waals surface area (Å²) in [6.45, 7) is 0. The Hall–Kier alpha value is -5.37. The first-order chi connectivity index (χ1) is 21.4. The van der Waals surface area contributed by atoms with Crippen molar-refractivity contribution in [3.05, 3.63) is 125 Å². The molecular formula is C36H30N2O6. The average molecular weight is 587 g/mol. The number of hydrogen-bond donors (Lipinski definition) is 1. The van der Waals surface area contributed by atoms with Gasteiger partial charge in [0.05, 0.1) is 38.9 Å². The molecule has 3 heterocycles. The number of carbonyl (C=O) groups is 3. The summed E-state index contributed by atoms with van der Waals surface area (Å²) in [5, 5.41) is 3.07. The summed E-state index contributed by atoms with van der Waals surface area (Å²) in [4.78, 5) is 46.4. The van der Waals surface area contributed by atoms with E-state index < -0.39 is 23.4 Å². The molecule has 1 amide bonds. The van der Waals surface area contributed by atoms with Crippen molar-refractivity contribution < 1.29 is 28.6 Å². The summed E-state index contributed by atoms with van der Waals surface area (Å²) in [5.41, 5.74) is 2.30. The second-order valence-corrected chi connectivity index (χ2v) is 11.1. The minimum absolute atomic E-state index is 0.288. The standard InChI is InChI=1S/C36H30N2O6/c1-42-23-11-8-10-22(19-23)32(39)30-31(33(40)26-16-15-24(43-2)20-29(26)44-3)38-18-17-21-9-4-5-12-25(21)34(38)36(30)27-13-6-7-14-28(27)37-35(36)41/h4-20,30-31,34H,1-3H3,(H,37,41)/t30-,31-,34-,36-/m1/s1. The van der Waals surface area contributed by atoms with E-state index in [0.717, 1.165) is 11.1 Å². The van der Waals surface area contributed by atoms with Gasteiger partial charge in [-0.1, -0.05) is 54.6 Å². The molecule has 1 saturated heterocycles. The highest BCUT2D eigenvalue weighted by Crippen LogP contribution is 2.62.